The Labute approximate surface area is 161 Å². The number of hydrogen-bond acceptors (Lipinski definition) is 6. The van der Waals surface area contributed by atoms with Gasteiger partial charge in [0.25, 0.3) is 0 Å². The Morgan fingerprint density at radius 3 is 2.89 bits per heavy atom. The topological polar surface area (TPSA) is 79.8 Å². The van der Waals surface area contributed by atoms with Gasteiger partial charge in [0.1, 0.15) is 22.3 Å². The van der Waals surface area contributed by atoms with Crippen LogP contribution >= 0.6 is 11.3 Å². The van der Waals surface area contributed by atoms with Crippen molar-refractivity contribution in [1.82, 2.24) is 15.0 Å². The molecule has 3 aromatic heterocycles. The van der Waals surface area contributed by atoms with Crippen molar-refractivity contribution in [2.24, 2.45) is 0 Å². The molecule has 1 fully saturated rings. The van der Waals surface area contributed by atoms with E-state index in [4.69, 9.17) is 9.97 Å². The molecule has 0 saturated heterocycles. The van der Waals surface area contributed by atoms with Crippen molar-refractivity contribution in [3.63, 3.8) is 0 Å². The number of amides is 1. The molecule has 2 N–H and O–H groups in total. The monoisotopic (exact) mass is 379 g/mol. The number of fused-ring (bicyclic) bond motifs is 3. The van der Waals surface area contributed by atoms with Gasteiger partial charge in [0, 0.05) is 17.0 Å². The van der Waals surface area contributed by atoms with Gasteiger partial charge in [-0.3, -0.25) is 4.79 Å². The first kappa shape index (κ1) is 16.6. The van der Waals surface area contributed by atoms with Crippen LogP contribution in [0.5, 0.6) is 0 Å². The minimum absolute atomic E-state index is 0.127. The van der Waals surface area contributed by atoms with E-state index in [1.54, 1.807) is 12.3 Å². The Morgan fingerprint density at radius 2 is 2.07 bits per heavy atom. The van der Waals surface area contributed by atoms with E-state index in [-0.39, 0.29) is 12.5 Å². The van der Waals surface area contributed by atoms with E-state index in [1.807, 2.05) is 23.5 Å². The summed E-state index contributed by atoms with van der Waals surface area (Å²) in [6, 6.07) is 5.45. The zero-order valence-corrected chi connectivity index (χ0v) is 15.8. The Hall–Kier alpha value is -2.54. The van der Waals surface area contributed by atoms with E-state index < -0.39 is 0 Å². The van der Waals surface area contributed by atoms with Crippen LogP contribution in [-0.2, 0) is 17.6 Å². The highest BCUT2D eigenvalue weighted by molar-refractivity contribution is 7.19. The molecule has 2 aliphatic rings. The number of nitrogens with zero attached hydrogens (tertiary/aromatic N) is 3. The van der Waals surface area contributed by atoms with E-state index in [0.717, 1.165) is 47.5 Å². The predicted molar refractivity (Wildman–Crippen MR) is 107 cm³/mol. The zero-order valence-electron chi connectivity index (χ0n) is 15.0. The Balaban J connectivity index is 1.42. The third-order valence-corrected chi connectivity index (χ3v) is 6.31. The average Bonchev–Trinajstić information content (AvgIpc) is 3.47. The maximum Gasteiger partial charge on any atom is 0.244 e. The summed E-state index contributed by atoms with van der Waals surface area (Å²) in [5.74, 6) is 2.66. The number of carbonyl (C=O) groups excluding carboxylic acids is 1. The molecule has 27 heavy (non-hydrogen) atoms. The summed E-state index contributed by atoms with van der Waals surface area (Å²) in [6.07, 6.45) is 8.66. The Kier molecular flexibility index (Phi) is 4.24. The van der Waals surface area contributed by atoms with Gasteiger partial charge < -0.3 is 10.6 Å². The number of anilines is 2. The lowest BCUT2D eigenvalue weighted by Gasteiger charge is -2.13. The second kappa shape index (κ2) is 6.88. The second-order valence-electron chi connectivity index (χ2n) is 7.21. The van der Waals surface area contributed by atoms with Crippen molar-refractivity contribution in [2.75, 3.05) is 17.2 Å². The van der Waals surface area contributed by atoms with E-state index in [1.165, 1.54) is 23.3 Å². The van der Waals surface area contributed by atoms with Gasteiger partial charge in [0.15, 0.2) is 0 Å². The summed E-state index contributed by atoms with van der Waals surface area (Å²) >= 11 is 1.81. The number of aromatic nitrogens is 3. The van der Waals surface area contributed by atoms with Gasteiger partial charge in [-0.1, -0.05) is 6.07 Å². The number of pyridine rings is 1. The predicted octanol–water partition coefficient (Wildman–Crippen LogP) is 3.89. The fourth-order valence-corrected chi connectivity index (χ4v) is 4.88. The molecule has 0 atom stereocenters. The molecule has 3 aromatic rings. The number of nitrogens with one attached hydrogen (secondary N) is 2. The first-order valence-electron chi connectivity index (χ1n) is 9.55. The fourth-order valence-electron chi connectivity index (χ4n) is 3.61. The number of carbonyl (C=O) groups is 1. The molecule has 0 spiro atoms. The van der Waals surface area contributed by atoms with Gasteiger partial charge in [-0.15, -0.1) is 11.3 Å². The van der Waals surface area contributed by atoms with Crippen LogP contribution in [0.3, 0.4) is 0 Å². The van der Waals surface area contributed by atoms with Gasteiger partial charge in [0.05, 0.1) is 11.9 Å². The van der Waals surface area contributed by atoms with Crippen LogP contribution in [0.25, 0.3) is 10.2 Å². The molecule has 0 unspecified atom stereocenters. The van der Waals surface area contributed by atoms with Gasteiger partial charge >= 0.3 is 0 Å². The number of thiophene rings is 1. The molecule has 1 saturated carbocycles. The van der Waals surface area contributed by atoms with E-state index in [2.05, 4.69) is 15.6 Å². The number of hydrogen-bond donors (Lipinski definition) is 2. The summed E-state index contributed by atoms with van der Waals surface area (Å²) in [7, 11) is 0. The molecule has 1 amide bonds. The van der Waals surface area contributed by atoms with Crippen molar-refractivity contribution in [3.8, 4) is 0 Å². The summed E-state index contributed by atoms with van der Waals surface area (Å²) < 4.78 is 0. The van der Waals surface area contributed by atoms with Crippen LogP contribution in [0.2, 0.25) is 0 Å². The normalized spacial score (nSPS) is 16.1. The first-order valence-corrected chi connectivity index (χ1v) is 10.4. The number of rotatable bonds is 5. The van der Waals surface area contributed by atoms with Gasteiger partial charge in [-0.2, -0.15) is 0 Å². The minimum Gasteiger partial charge on any atom is -0.360 e. The molecule has 0 aliphatic heterocycles. The summed E-state index contributed by atoms with van der Waals surface area (Å²) in [5, 5.41) is 7.22. The molecule has 0 bridgehead atoms. The van der Waals surface area contributed by atoms with Gasteiger partial charge in [0.2, 0.25) is 5.91 Å². The summed E-state index contributed by atoms with van der Waals surface area (Å²) in [5.41, 5.74) is 1.39. The zero-order chi connectivity index (χ0) is 18.2. The standard InChI is InChI=1S/C20H21N5OS/c26-16(23-15-7-3-4-10-21-15)11-22-19-17-13-5-1-2-6-14(13)27-20(17)25-18(24-19)12-8-9-12/h3-4,7,10,12H,1-2,5-6,8-9,11H2,(H,21,23,26)(H,22,24,25). The van der Waals surface area contributed by atoms with Gasteiger partial charge in [-0.25, -0.2) is 15.0 Å². The first-order chi connectivity index (χ1) is 13.3. The lowest BCUT2D eigenvalue weighted by atomic mass is 9.97. The summed E-state index contributed by atoms with van der Waals surface area (Å²) in [6.45, 7) is 0.164. The molecule has 2 aliphatic carbocycles. The van der Waals surface area contributed by atoms with Crippen LogP contribution < -0.4 is 10.6 Å². The molecule has 5 rings (SSSR count). The molecule has 0 aromatic carbocycles. The van der Waals surface area contributed by atoms with Crippen LogP contribution in [0, 0.1) is 0 Å². The maximum absolute atomic E-state index is 12.3. The van der Waals surface area contributed by atoms with Gasteiger partial charge in [-0.05, 0) is 56.2 Å². The van der Waals surface area contributed by atoms with Crippen LogP contribution in [-0.4, -0.2) is 27.4 Å². The molecule has 3 heterocycles. The van der Waals surface area contributed by atoms with Crippen molar-refractivity contribution < 1.29 is 4.79 Å². The number of aryl methyl sites for hydroxylation is 2. The minimum atomic E-state index is -0.127. The van der Waals surface area contributed by atoms with Crippen LogP contribution in [0.15, 0.2) is 24.4 Å². The third kappa shape index (κ3) is 3.39. The average molecular weight is 379 g/mol. The van der Waals surface area contributed by atoms with E-state index in [0.29, 0.717) is 11.7 Å². The quantitative estimate of drug-likeness (QED) is 0.703. The highest BCUT2D eigenvalue weighted by atomic mass is 32.1. The molecule has 138 valence electrons. The third-order valence-electron chi connectivity index (χ3n) is 5.12. The molecule has 6 nitrogen and oxygen atoms in total. The second-order valence-corrected chi connectivity index (χ2v) is 8.30. The summed E-state index contributed by atoms with van der Waals surface area (Å²) in [4.78, 5) is 28.6. The van der Waals surface area contributed by atoms with E-state index >= 15 is 0 Å². The highest BCUT2D eigenvalue weighted by Crippen LogP contribution is 2.43. The van der Waals surface area contributed by atoms with Crippen molar-refractivity contribution >= 4 is 39.1 Å². The lowest BCUT2D eigenvalue weighted by Crippen LogP contribution is -2.23. The fraction of sp³-hybridized carbons (Fsp3) is 0.400. The van der Waals surface area contributed by atoms with Crippen molar-refractivity contribution in [1.29, 1.82) is 0 Å². The lowest BCUT2D eigenvalue weighted by molar-refractivity contribution is -0.114. The Bertz CT molecular complexity index is 997. The molecule has 0 radical (unpaired) electrons. The molecule has 7 heteroatoms. The SMILES string of the molecule is O=C(CNc1nc(C2CC2)nc2sc3c(c12)CCCC3)Nc1ccccn1. The van der Waals surface area contributed by atoms with Crippen LogP contribution in [0.1, 0.15) is 47.9 Å². The Morgan fingerprint density at radius 1 is 1.19 bits per heavy atom. The largest absolute Gasteiger partial charge is 0.360 e. The smallest absolute Gasteiger partial charge is 0.244 e. The van der Waals surface area contributed by atoms with Crippen molar-refractivity contribution in [2.45, 2.75) is 44.4 Å². The highest BCUT2D eigenvalue weighted by Gasteiger charge is 2.29. The maximum atomic E-state index is 12.3. The molecular weight excluding hydrogens is 358 g/mol. The molecular formula is C20H21N5OS. The van der Waals surface area contributed by atoms with E-state index in [9.17, 15) is 4.79 Å². The van der Waals surface area contributed by atoms with Crippen molar-refractivity contribution in [3.05, 3.63) is 40.7 Å². The van der Waals surface area contributed by atoms with Crippen LogP contribution in [0.4, 0.5) is 11.6 Å².